The van der Waals surface area contributed by atoms with Crippen molar-refractivity contribution in [2.75, 3.05) is 0 Å². The predicted octanol–water partition coefficient (Wildman–Crippen LogP) is 3.78. The monoisotopic (exact) mass is 379 g/mol. The smallest absolute Gasteiger partial charge is 0.305 e. The Labute approximate surface area is 150 Å². The minimum absolute atomic E-state index is 0.0738. The molecule has 0 aliphatic rings. The number of pyridine rings is 1. The van der Waals surface area contributed by atoms with E-state index in [1.807, 2.05) is 20.0 Å². The fourth-order valence-corrected chi connectivity index (χ4v) is 4.23. The highest BCUT2D eigenvalue weighted by atomic mass is 32.2. The molecule has 0 aliphatic carbocycles. The normalized spacial score (nSPS) is 12.9. The molecule has 5 nitrogen and oxygen atoms in total. The first-order valence-corrected chi connectivity index (χ1v) is 12.4. The molecule has 2 rings (SSSR count). The second-order valence-electron chi connectivity index (χ2n) is 7.65. The van der Waals surface area contributed by atoms with Gasteiger partial charge < -0.3 is 4.43 Å². The molecule has 1 aromatic carbocycles. The van der Waals surface area contributed by atoms with Crippen LogP contribution in [-0.2, 0) is 10.0 Å². The van der Waals surface area contributed by atoms with Crippen molar-refractivity contribution in [1.29, 1.82) is 0 Å². The van der Waals surface area contributed by atoms with Crippen LogP contribution >= 0.6 is 0 Å². The van der Waals surface area contributed by atoms with Crippen molar-refractivity contribution in [3.63, 3.8) is 0 Å². The molecule has 2 aromatic rings. The fourth-order valence-electron chi connectivity index (χ4n) is 1.97. The summed E-state index contributed by atoms with van der Waals surface area (Å²) in [6.45, 7) is 12.1. The summed E-state index contributed by atoms with van der Waals surface area (Å²) in [5.41, 5.74) is 0.286. The zero-order valence-electron chi connectivity index (χ0n) is 15.5. The molecule has 0 saturated heterocycles. The summed E-state index contributed by atoms with van der Waals surface area (Å²) in [6.07, 6.45) is 1.26. The summed E-state index contributed by atoms with van der Waals surface area (Å²) in [5.74, 6) is 0.0739. The average Bonchev–Trinajstić information content (AvgIpc) is 2.48. The van der Waals surface area contributed by atoms with Crippen molar-refractivity contribution < 1.29 is 12.8 Å². The third-order valence-electron chi connectivity index (χ3n) is 4.63. The molecule has 0 spiro atoms. The quantitative estimate of drug-likeness (QED) is 0.758. The largest absolute Gasteiger partial charge is 0.540 e. The van der Waals surface area contributed by atoms with Crippen LogP contribution in [0.25, 0.3) is 0 Å². The number of nitrogens with zero attached hydrogens (tertiary/aromatic N) is 1. The van der Waals surface area contributed by atoms with Gasteiger partial charge in [0.1, 0.15) is 0 Å². The maximum absolute atomic E-state index is 12.8. The minimum Gasteiger partial charge on any atom is -0.540 e. The summed E-state index contributed by atoms with van der Waals surface area (Å²) in [7, 11) is -6.21. The molecule has 7 heteroatoms. The molecule has 0 bridgehead atoms. The SMILES string of the molecule is Cc1ccc(S(=O)(=O)n2cccc(O[Si](C)(C)C(C)(C)C)c2=O)cc1. The van der Waals surface area contributed by atoms with E-state index in [1.54, 1.807) is 12.1 Å². The van der Waals surface area contributed by atoms with Gasteiger partial charge in [-0.15, -0.1) is 0 Å². The van der Waals surface area contributed by atoms with Crippen molar-refractivity contribution in [2.45, 2.75) is 50.7 Å². The molecule has 0 aliphatic heterocycles. The highest BCUT2D eigenvalue weighted by Crippen LogP contribution is 2.36. The van der Waals surface area contributed by atoms with Gasteiger partial charge in [0.25, 0.3) is 18.3 Å². The van der Waals surface area contributed by atoms with Gasteiger partial charge in [0, 0.05) is 6.20 Å². The zero-order valence-corrected chi connectivity index (χ0v) is 17.3. The summed E-state index contributed by atoms with van der Waals surface area (Å²) in [4.78, 5) is 12.8. The standard InChI is InChI=1S/C18H25NO4SSi/c1-14-9-11-15(12-10-14)24(21,22)19-13-7-8-16(17(19)20)23-25(5,6)18(2,3)4/h7-13H,1-6H3. The first-order chi connectivity index (χ1) is 11.4. The molecule has 1 heterocycles. The van der Waals surface area contributed by atoms with E-state index in [0.29, 0.717) is 0 Å². The van der Waals surface area contributed by atoms with Gasteiger partial charge in [-0.3, -0.25) is 4.79 Å². The summed E-state index contributed by atoms with van der Waals surface area (Å²) >= 11 is 0. The summed E-state index contributed by atoms with van der Waals surface area (Å²) in [5, 5.41) is -0.101. The van der Waals surface area contributed by atoms with Gasteiger partial charge in [0.15, 0.2) is 5.75 Å². The topological polar surface area (TPSA) is 65.4 Å². The van der Waals surface area contributed by atoms with Crippen LogP contribution in [0, 0.1) is 6.92 Å². The van der Waals surface area contributed by atoms with Gasteiger partial charge in [0.05, 0.1) is 4.90 Å². The molecule has 0 atom stereocenters. The Balaban J connectivity index is 2.52. The molecule has 0 fully saturated rings. The van der Waals surface area contributed by atoms with Crippen LogP contribution in [0.1, 0.15) is 26.3 Å². The van der Waals surface area contributed by atoms with Crippen LogP contribution in [-0.4, -0.2) is 20.7 Å². The minimum atomic E-state index is -3.96. The van der Waals surface area contributed by atoms with Crippen LogP contribution < -0.4 is 9.99 Å². The third-order valence-corrected chi connectivity index (χ3v) is 10.6. The van der Waals surface area contributed by atoms with Crippen molar-refractivity contribution in [3.8, 4) is 5.75 Å². The molecule has 25 heavy (non-hydrogen) atoms. The van der Waals surface area contributed by atoms with Crippen LogP contribution in [0.15, 0.2) is 52.3 Å². The third kappa shape index (κ3) is 3.87. The second kappa shape index (κ2) is 6.46. The number of rotatable bonds is 4. The highest BCUT2D eigenvalue weighted by molar-refractivity contribution is 7.90. The second-order valence-corrected chi connectivity index (χ2v) is 14.2. The van der Waals surface area contributed by atoms with Crippen molar-refractivity contribution in [2.24, 2.45) is 0 Å². The highest BCUT2D eigenvalue weighted by Gasteiger charge is 2.39. The van der Waals surface area contributed by atoms with E-state index in [4.69, 9.17) is 4.43 Å². The zero-order chi connectivity index (χ0) is 19.0. The van der Waals surface area contributed by atoms with Crippen molar-refractivity contribution in [1.82, 2.24) is 3.97 Å². The molecule has 0 saturated carbocycles. The summed E-state index contributed by atoms with van der Waals surface area (Å²) in [6, 6.07) is 9.46. The molecule has 0 N–H and O–H groups in total. The maximum Gasteiger partial charge on any atom is 0.305 e. The van der Waals surface area contributed by atoms with Crippen molar-refractivity contribution in [3.05, 3.63) is 58.5 Å². The van der Waals surface area contributed by atoms with E-state index in [0.717, 1.165) is 9.54 Å². The van der Waals surface area contributed by atoms with Gasteiger partial charge >= 0.3 is 5.56 Å². The van der Waals surface area contributed by atoms with Crippen LogP contribution in [0.3, 0.4) is 0 Å². The lowest BCUT2D eigenvalue weighted by Gasteiger charge is -2.36. The Morgan fingerprint density at radius 1 is 1.04 bits per heavy atom. The molecular weight excluding hydrogens is 354 g/mol. The van der Waals surface area contributed by atoms with E-state index in [1.165, 1.54) is 30.5 Å². The molecule has 0 amide bonds. The lowest BCUT2D eigenvalue weighted by atomic mass is 10.2. The average molecular weight is 380 g/mol. The van der Waals surface area contributed by atoms with Crippen LogP contribution in [0.2, 0.25) is 18.1 Å². The molecule has 0 unspecified atom stereocenters. The number of aromatic nitrogens is 1. The Bertz CT molecular complexity index is 923. The van der Waals surface area contributed by atoms with E-state index >= 15 is 0 Å². The number of benzene rings is 1. The molecule has 136 valence electrons. The Kier molecular flexibility index (Phi) is 5.03. The van der Waals surface area contributed by atoms with Gasteiger partial charge in [-0.1, -0.05) is 38.5 Å². The van der Waals surface area contributed by atoms with Gasteiger partial charge in [0.2, 0.25) is 0 Å². The Hall–Kier alpha value is -1.86. The Morgan fingerprint density at radius 2 is 1.60 bits per heavy atom. The lowest BCUT2D eigenvalue weighted by molar-refractivity contribution is 0.483. The molecule has 0 radical (unpaired) electrons. The number of hydrogen-bond donors (Lipinski definition) is 0. The first-order valence-electron chi connectivity index (χ1n) is 8.09. The van der Waals surface area contributed by atoms with Gasteiger partial charge in [-0.2, -0.15) is 0 Å². The van der Waals surface area contributed by atoms with E-state index in [9.17, 15) is 13.2 Å². The fraction of sp³-hybridized carbons (Fsp3) is 0.389. The first kappa shape index (κ1) is 19.5. The maximum atomic E-state index is 12.8. The number of hydrogen-bond acceptors (Lipinski definition) is 4. The number of aryl methyl sites for hydroxylation is 1. The summed E-state index contributed by atoms with van der Waals surface area (Å²) < 4.78 is 32.4. The predicted molar refractivity (Wildman–Crippen MR) is 102 cm³/mol. The van der Waals surface area contributed by atoms with Crippen molar-refractivity contribution >= 4 is 18.3 Å². The molecule has 1 aromatic heterocycles. The lowest BCUT2D eigenvalue weighted by Crippen LogP contribution is -2.45. The van der Waals surface area contributed by atoms with Crippen LogP contribution in [0.5, 0.6) is 5.75 Å². The molecular formula is C18H25NO4SSi. The van der Waals surface area contributed by atoms with Gasteiger partial charge in [-0.25, -0.2) is 12.4 Å². The van der Waals surface area contributed by atoms with Gasteiger partial charge in [-0.05, 0) is 49.3 Å². The van der Waals surface area contributed by atoms with E-state index in [2.05, 4.69) is 20.8 Å². The Morgan fingerprint density at radius 3 is 2.12 bits per heavy atom. The van der Waals surface area contributed by atoms with Crippen LogP contribution in [0.4, 0.5) is 0 Å². The van der Waals surface area contributed by atoms with E-state index < -0.39 is 23.9 Å². The van der Waals surface area contributed by atoms with E-state index in [-0.39, 0.29) is 15.7 Å².